The fourth-order valence-corrected chi connectivity index (χ4v) is 3.96. The summed E-state index contributed by atoms with van der Waals surface area (Å²) in [6.45, 7) is 3.28. The largest absolute Gasteiger partial charge is 0.309 e. The number of hydrogen-bond donors (Lipinski definition) is 1. The second-order valence-electron chi connectivity index (χ2n) is 5.41. The monoisotopic (exact) mass is 250 g/mol. The summed E-state index contributed by atoms with van der Waals surface area (Å²) < 4.78 is 0. The normalized spacial score (nSPS) is 21.2. The maximum atomic E-state index is 4.81. The minimum absolute atomic E-state index is 0.770. The maximum absolute atomic E-state index is 4.81. The Morgan fingerprint density at radius 2 is 2.00 bits per heavy atom. The summed E-state index contributed by atoms with van der Waals surface area (Å²) in [5.74, 6) is 0.811. The van der Waals surface area contributed by atoms with E-state index in [9.17, 15) is 0 Å². The molecule has 0 bridgehead atoms. The van der Waals surface area contributed by atoms with E-state index in [0.29, 0.717) is 0 Å². The van der Waals surface area contributed by atoms with Crippen LogP contribution in [0.25, 0.3) is 0 Å². The van der Waals surface area contributed by atoms with Gasteiger partial charge in [0.05, 0.1) is 10.7 Å². The van der Waals surface area contributed by atoms with Crippen molar-refractivity contribution in [2.45, 2.75) is 70.4 Å². The summed E-state index contributed by atoms with van der Waals surface area (Å²) in [6, 6.07) is 0.770. The zero-order chi connectivity index (χ0) is 11.7. The maximum Gasteiger partial charge on any atom is 0.0962 e. The van der Waals surface area contributed by atoms with Gasteiger partial charge in [0.1, 0.15) is 0 Å². The zero-order valence-corrected chi connectivity index (χ0v) is 11.5. The third-order valence-electron chi connectivity index (χ3n) is 3.96. The van der Waals surface area contributed by atoms with Crippen LogP contribution in [0.3, 0.4) is 0 Å². The van der Waals surface area contributed by atoms with Crippen LogP contribution in [-0.2, 0) is 13.0 Å². The number of thiazole rings is 1. The van der Waals surface area contributed by atoms with Crippen molar-refractivity contribution in [1.82, 2.24) is 10.3 Å². The number of hydrogen-bond acceptors (Lipinski definition) is 3. The van der Waals surface area contributed by atoms with Crippen LogP contribution in [0.4, 0.5) is 0 Å². The van der Waals surface area contributed by atoms with E-state index in [1.807, 2.05) is 11.3 Å². The van der Waals surface area contributed by atoms with Gasteiger partial charge in [-0.05, 0) is 32.1 Å². The molecule has 2 nitrogen and oxygen atoms in total. The molecule has 2 aliphatic carbocycles. The lowest BCUT2D eigenvalue weighted by Gasteiger charge is -2.10. The van der Waals surface area contributed by atoms with Gasteiger partial charge in [0.15, 0.2) is 0 Å². The molecular formula is C14H22N2S. The van der Waals surface area contributed by atoms with Gasteiger partial charge >= 0.3 is 0 Å². The van der Waals surface area contributed by atoms with E-state index in [4.69, 9.17) is 4.98 Å². The first-order valence-corrected chi connectivity index (χ1v) is 7.90. The van der Waals surface area contributed by atoms with Gasteiger partial charge in [0, 0.05) is 23.4 Å². The van der Waals surface area contributed by atoms with E-state index in [0.717, 1.165) is 24.9 Å². The zero-order valence-electron chi connectivity index (χ0n) is 10.7. The fourth-order valence-electron chi connectivity index (χ4n) is 2.69. The molecule has 0 radical (unpaired) electrons. The van der Waals surface area contributed by atoms with Gasteiger partial charge in [0.25, 0.3) is 0 Å². The molecule has 1 heterocycles. The molecule has 1 aromatic rings. The molecular weight excluding hydrogens is 228 g/mol. The third kappa shape index (κ3) is 2.71. The first-order valence-electron chi connectivity index (χ1n) is 7.08. The van der Waals surface area contributed by atoms with E-state index < -0.39 is 0 Å². The minimum Gasteiger partial charge on any atom is -0.309 e. The lowest BCUT2D eigenvalue weighted by Crippen LogP contribution is -2.25. The van der Waals surface area contributed by atoms with Crippen molar-refractivity contribution in [2.24, 2.45) is 0 Å². The summed E-state index contributed by atoms with van der Waals surface area (Å²) >= 11 is 1.96. The molecule has 0 amide bonds. The summed E-state index contributed by atoms with van der Waals surface area (Å²) in [5, 5.41) is 5.12. The van der Waals surface area contributed by atoms with Gasteiger partial charge in [-0.2, -0.15) is 0 Å². The van der Waals surface area contributed by atoms with Crippen LogP contribution in [0.2, 0.25) is 0 Å². The molecule has 0 aromatic carbocycles. The molecule has 0 saturated heterocycles. The van der Waals surface area contributed by atoms with Crippen molar-refractivity contribution in [3.05, 3.63) is 15.6 Å². The van der Waals surface area contributed by atoms with Crippen LogP contribution in [0.5, 0.6) is 0 Å². The Hall–Kier alpha value is -0.410. The van der Waals surface area contributed by atoms with Gasteiger partial charge in [-0.15, -0.1) is 11.3 Å². The highest BCUT2D eigenvalue weighted by Crippen LogP contribution is 2.42. The molecule has 17 heavy (non-hydrogen) atoms. The summed E-state index contributed by atoms with van der Waals surface area (Å²) in [6.07, 6.45) is 9.39. The quantitative estimate of drug-likeness (QED) is 0.863. The Kier molecular flexibility index (Phi) is 3.48. The van der Waals surface area contributed by atoms with Crippen LogP contribution in [0.1, 0.15) is 66.9 Å². The Morgan fingerprint density at radius 1 is 1.24 bits per heavy atom. The van der Waals surface area contributed by atoms with Crippen LogP contribution in [0.15, 0.2) is 0 Å². The van der Waals surface area contributed by atoms with Gasteiger partial charge in [0.2, 0.25) is 0 Å². The van der Waals surface area contributed by atoms with Crippen molar-refractivity contribution in [2.75, 3.05) is 0 Å². The topological polar surface area (TPSA) is 24.9 Å². The third-order valence-corrected chi connectivity index (χ3v) is 5.22. The second kappa shape index (κ2) is 5.07. The van der Waals surface area contributed by atoms with Gasteiger partial charge in [-0.1, -0.05) is 19.8 Å². The highest BCUT2D eigenvalue weighted by molar-refractivity contribution is 7.11. The van der Waals surface area contributed by atoms with E-state index in [1.54, 1.807) is 0 Å². The van der Waals surface area contributed by atoms with Crippen LogP contribution in [-0.4, -0.2) is 11.0 Å². The number of rotatable bonds is 5. The Labute approximate surface area is 108 Å². The average Bonchev–Trinajstić information content (AvgIpc) is 2.93. The van der Waals surface area contributed by atoms with Gasteiger partial charge in [-0.3, -0.25) is 0 Å². The molecule has 0 spiro atoms. The fraction of sp³-hybridized carbons (Fsp3) is 0.786. The van der Waals surface area contributed by atoms with Crippen LogP contribution < -0.4 is 5.32 Å². The van der Waals surface area contributed by atoms with Crippen molar-refractivity contribution >= 4 is 11.3 Å². The van der Waals surface area contributed by atoms with Crippen molar-refractivity contribution in [3.63, 3.8) is 0 Å². The summed E-state index contributed by atoms with van der Waals surface area (Å²) in [7, 11) is 0. The summed E-state index contributed by atoms with van der Waals surface area (Å²) in [5.41, 5.74) is 1.35. The number of aromatic nitrogens is 1. The van der Waals surface area contributed by atoms with Crippen LogP contribution >= 0.6 is 11.3 Å². The van der Waals surface area contributed by atoms with E-state index in [2.05, 4.69) is 12.2 Å². The lowest BCUT2D eigenvalue weighted by molar-refractivity contribution is 0.525. The van der Waals surface area contributed by atoms with E-state index >= 15 is 0 Å². The Balaban J connectivity index is 1.63. The highest BCUT2D eigenvalue weighted by atomic mass is 32.1. The van der Waals surface area contributed by atoms with Crippen molar-refractivity contribution < 1.29 is 0 Å². The standard InChI is InChI=1S/C14H22N2S/c1-2-12-13(9-15-11-5-3-4-6-11)17-14(16-12)10-7-8-10/h10-11,15H,2-9H2,1H3. The molecule has 0 atom stereocenters. The Bertz CT molecular complexity index is 376. The SMILES string of the molecule is CCc1nc(C2CC2)sc1CNC1CCCC1. The molecule has 2 saturated carbocycles. The van der Waals surface area contributed by atoms with Gasteiger partial charge in [-0.25, -0.2) is 4.98 Å². The molecule has 0 unspecified atom stereocenters. The van der Waals surface area contributed by atoms with Gasteiger partial charge < -0.3 is 5.32 Å². The smallest absolute Gasteiger partial charge is 0.0962 e. The number of nitrogens with zero attached hydrogens (tertiary/aromatic N) is 1. The predicted octanol–water partition coefficient (Wildman–Crippen LogP) is 3.62. The predicted molar refractivity (Wildman–Crippen MR) is 72.6 cm³/mol. The average molecular weight is 250 g/mol. The minimum atomic E-state index is 0.770. The number of aryl methyl sites for hydroxylation is 1. The number of nitrogens with one attached hydrogen (secondary N) is 1. The lowest BCUT2D eigenvalue weighted by atomic mass is 10.2. The highest BCUT2D eigenvalue weighted by Gasteiger charge is 2.28. The molecule has 3 rings (SSSR count). The summed E-state index contributed by atoms with van der Waals surface area (Å²) in [4.78, 5) is 6.32. The van der Waals surface area contributed by atoms with Crippen LogP contribution in [0, 0.1) is 0 Å². The molecule has 2 fully saturated rings. The van der Waals surface area contributed by atoms with Crippen molar-refractivity contribution in [1.29, 1.82) is 0 Å². The van der Waals surface area contributed by atoms with Crippen molar-refractivity contribution in [3.8, 4) is 0 Å². The molecule has 0 aliphatic heterocycles. The second-order valence-corrected chi connectivity index (χ2v) is 6.53. The molecule has 1 N–H and O–H groups in total. The molecule has 3 heteroatoms. The molecule has 2 aliphatic rings. The molecule has 1 aromatic heterocycles. The van der Waals surface area contributed by atoms with E-state index in [-0.39, 0.29) is 0 Å². The first-order chi connectivity index (χ1) is 8.36. The Morgan fingerprint density at radius 3 is 2.65 bits per heavy atom. The molecule has 94 valence electrons. The first kappa shape index (κ1) is 11.7. The van der Waals surface area contributed by atoms with E-state index in [1.165, 1.54) is 54.1 Å².